The van der Waals surface area contributed by atoms with Crippen LogP contribution < -0.4 is 5.73 Å². The van der Waals surface area contributed by atoms with Crippen LogP contribution in [-0.2, 0) is 6.54 Å². The first-order chi connectivity index (χ1) is 7.65. The van der Waals surface area contributed by atoms with Gasteiger partial charge in [0.15, 0.2) is 0 Å². The molecular weight excluding hydrogens is 200 g/mol. The van der Waals surface area contributed by atoms with E-state index in [4.69, 9.17) is 11.1 Å². The number of rotatable bonds is 3. The van der Waals surface area contributed by atoms with Crippen molar-refractivity contribution >= 4 is 5.84 Å². The quantitative estimate of drug-likeness (QED) is 0.601. The van der Waals surface area contributed by atoms with Gasteiger partial charge in [0, 0.05) is 11.8 Å². The van der Waals surface area contributed by atoms with Crippen molar-refractivity contribution in [3.63, 3.8) is 0 Å². The van der Waals surface area contributed by atoms with Gasteiger partial charge in [-0.15, -0.1) is 0 Å². The maximum absolute atomic E-state index is 7.29. The molecule has 2 rings (SSSR count). The lowest BCUT2D eigenvalue weighted by Crippen LogP contribution is -2.11. The Hall–Kier alpha value is -2.10. The molecule has 0 saturated carbocycles. The van der Waals surface area contributed by atoms with Crippen LogP contribution in [0.5, 0.6) is 0 Å². The highest BCUT2D eigenvalue weighted by Crippen LogP contribution is 2.06. The van der Waals surface area contributed by atoms with Gasteiger partial charge in [-0.25, -0.2) is 0 Å². The minimum absolute atomic E-state index is 0.0986. The molecule has 0 radical (unpaired) electrons. The molecule has 1 aromatic carbocycles. The van der Waals surface area contributed by atoms with E-state index in [0.717, 1.165) is 23.2 Å². The molecule has 4 heteroatoms. The Morgan fingerprint density at radius 1 is 1.38 bits per heavy atom. The molecule has 0 spiro atoms. The van der Waals surface area contributed by atoms with Gasteiger partial charge in [-0.05, 0) is 18.1 Å². The molecule has 3 N–H and O–H groups in total. The summed E-state index contributed by atoms with van der Waals surface area (Å²) in [6.45, 7) is 2.76. The molecule has 0 amide bonds. The lowest BCUT2D eigenvalue weighted by Gasteiger charge is -2.03. The molecule has 1 aromatic heterocycles. The van der Waals surface area contributed by atoms with Gasteiger partial charge in [-0.2, -0.15) is 5.10 Å². The summed E-state index contributed by atoms with van der Waals surface area (Å²) < 4.78 is 1.89. The predicted molar refractivity (Wildman–Crippen MR) is 63.5 cm³/mol. The van der Waals surface area contributed by atoms with Gasteiger partial charge >= 0.3 is 0 Å². The zero-order valence-corrected chi connectivity index (χ0v) is 9.14. The van der Waals surface area contributed by atoms with Crippen LogP contribution in [0, 0.1) is 12.3 Å². The minimum atomic E-state index is 0.0986. The van der Waals surface area contributed by atoms with Crippen molar-refractivity contribution in [2.75, 3.05) is 0 Å². The predicted octanol–water partition coefficient (Wildman–Crippen LogP) is 1.52. The van der Waals surface area contributed by atoms with E-state index >= 15 is 0 Å². The van der Waals surface area contributed by atoms with E-state index in [9.17, 15) is 0 Å². The number of benzene rings is 1. The summed E-state index contributed by atoms with van der Waals surface area (Å²) in [5.41, 5.74) is 8.44. The largest absolute Gasteiger partial charge is 0.384 e. The monoisotopic (exact) mass is 214 g/mol. The zero-order chi connectivity index (χ0) is 11.5. The van der Waals surface area contributed by atoms with Crippen LogP contribution in [0.4, 0.5) is 0 Å². The second-order valence-electron chi connectivity index (χ2n) is 3.83. The van der Waals surface area contributed by atoms with Crippen LogP contribution in [0.25, 0.3) is 0 Å². The van der Waals surface area contributed by atoms with Gasteiger partial charge in [0.05, 0.1) is 12.7 Å². The summed E-state index contributed by atoms with van der Waals surface area (Å²) in [7, 11) is 0. The molecule has 0 aliphatic heterocycles. The van der Waals surface area contributed by atoms with E-state index in [2.05, 4.69) is 5.10 Å². The molecule has 4 nitrogen and oxygen atoms in total. The van der Waals surface area contributed by atoms with Crippen molar-refractivity contribution in [2.45, 2.75) is 13.5 Å². The van der Waals surface area contributed by atoms with Crippen molar-refractivity contribution in [2.24, 2.45) is 5.73 Å². The van der Waals surface area contributed by atoms with E-state index in [0.29, 0.717) is 0 Å². The van der Waals surface area contributed by atoms with Crippen molar-refractivity contribution in [1.82, 2.24) is 9.78 Å². The van der Waals surface area contributed by atoms with E-state index in [1.165, 1.54) is 0 Å². The highest BCUT2D eigenvalue weighted by molar-refractivity contribution is 5.94. The van der Waals surface area contributed by atoms with Crippen molar-refractivity contribution in [3.05, 3.63) is 53.3 Å². The molecular formula is C12H14N4. The molecule has 0 fully saturated rings. The highest BCUT2D eigenvalue weighted by Gasteiger charge is 1.99. The fourth-order valence-corrected chi connectivity index (χ4v) is 1.53. The SMILES string of the molecule is Cc1cnn(Cc2ccc(C(=N)N)cc2)c1. The summed E-state index contributed by atoms with van der Waals surface area (Å²) in [5.74, 6) is 0.0986. The number of nitrogens with one attached hydrogen (secondary N) is 1. The van der Waals surface area contributed by atoms with Crippen LogP contribution in [0.1, 0.15) is 16.7 Å². The van der Waals surface area contributed by atoms with Gasteiger partial charge in [0.25, 0.3) is 0 Å². The third-order valence-electron chi connectivity index (χ3n) is 2.37. The second kappa shape index (κ2) is 4.18. The Balaban J connectivity index is 2.14. The Bertz CT molecular complexity index is 496. The molecule has 2 aromatic rings. The van der Waals surface area contributed by atoms with Gasteiger partial charge in [0.1, 0.15) is 5.84 Å². The third kappa shape index (κ3) is 2.28. The summed E-state index contributed by atoms with van der Waals surface area (Å²) in [4.78, 5) is 0. The molecule has 0 bridgehead atoms. The van der Waals surface area contributed by atoms with Crippen LogP contribution in [0.2, 0.25) is 0 Å². The first-order valence-corrected chi connectivity index (χ1v) is 5.07. The number of aromatic nitrogens is 2. The number of nitrogen functional groups attached to an aromatic ring is 1. The van der Waals surface area contributed by atoms with Crippen LogP contribution in [0.3, 0.4) is 0 Å². The Kier molecular flexibility index (Phi) is 2.72. The van der Waals surface area contributed by atoms with Crippen molar-refractivity contribution in [3.8, 4) is 0 Å². The van der Waals surface area contributed by atoms with Gasteiger partial charge < -0.3 is 5.73 Å². The van der Waals surface area contributed by atoms with Gasteiger partial charge in [-0.3, -0.25) is 10.1 Å². The third-order valence-corrected chi connectivity index (χ3v) is 2.37. The van der Waals surface area contributed by atoms with Gasteiger partial charge in [0.2, 0.25) is 0 Å². The number of hydrogen-bond acceptors (Lipinski definition) is 2. The molecule has 82 valence electrons. The van der Waals surface area contributed by atoms with E-state index in [-0.39, 0.29) is 5.84 Å². The highest BCUT2D eigenvalue weighted by atomic mass is 15.3. The van der Waals surface area contributed by atoms with Crippen LogP contribution in [0.15, 0.2) is 36.7 Å². The van der Waals surface area contributed by atoms with Crippen LogP contribution in [-0.4, -0.2) is 15.6 Å². The number of hydrogen-bond donors (Lipinski definition) is 2. The Morgan fingerprint density at radius 3 is 2.56 bits per heavy atom. The first-order valence-electron chi connectivity index (χ1n) is 5.07. The average molecular weight is 214 g/mol. The minimum Gasteiger partial charge on any atom is -0.384 e. The number of amidine groups is 1. The summed E-state index contributed by atoms with van der Waals surface area (Å²) >= 11 is 0. The molecule has 0 aliphatic rings. The second-order valence-corrected chi connectivity index (χ2v) is 3.83. The van der Waals surface area contributed by atoms with Crippen molar-refractivity contribution < 1.29 is 0 Å². The van der Waals surface area contributed by atoms with E-state index < -0.39 is 0 Å². The number of nitrogens with two attached hydrogens (primary N) is 1. The van der Waals surface area contributed by atoms with Crippen molar-refractivity contribution in [1.29, 1.82) is 5.41 Å². The zero-order valence-electron chi connectivity index (χ0n) is 9.14. The molecule has 0 atom stereocenters. The maximum Gasteiger partial charge on any atom is 0.122 e. The molecule has 0 unspecified atom stereocenters. The van der Waals surface area contributed by atoms with E-state index in [1.54, 1.807) is 0 Å². The first kappa shape index (κ1) is 10.4. The van der Waals surface area contributed by atoms with Gasteiger partial charge in [-0.1, -0.05) is 24.3 Å². The van der Waals surface area contributed by atoms with Crippen LogP contribution >= 0.6 is 0 Å². The Labute approximate surface area is 94.2 Å². The van der Waals surface area contributed by atoms with E-state index in [1.807, 2.05) is 48.3 Å². The fourth-order valence-electron chi connectivity index (χ4n) is 1.53. The summed E-state index contributed by atoms with van der Waals surface area (Å²) in [6.07, 6.45) is 3.84. The molecule has 1 heterocycles. The summed E-state index contributed by atoms with van der Waals surface area (Å²) in [5, 5.41) is 11.5. The maximum atomic E-state index is 7.29. The molecule has 0 saturated heterocycles. The summed E-state index contributed by atoms with van der Waals surface area (Å²) in [6, 6.07) is 7.64. The lowest BCUT2D eigenvalue weighted by atomic mass is 10.1. The average Bonchev–Trinajstić information content (AvgIpc) is 2.65. The molecule has 0 aliphatic carbocycles. The number of nitrogens with zero attached hydrogens (tertiary/aromatic N) is 2. The fraction of sp³-hybridized carbons (Fsp3) is 0.167. The molecule has 16 heavy (non-hydrogen) atoms. The Morgan fingerprint density at radius 2 is 2.06 bits per heavy atom. The topological polar surface area (TPSA) is 67.7 Å². The smallest absolute Gasteiger partial charge is 0.122 e. The standard InChI is InChI=1S/C12H14N4/c1-9-6-15-16(7-9)8-10-2-4-11(5-3-10)12(13)14/h2-7H,8H2,1H3,(H3,13,14). The normalized spacial score (nSPS) is 10.3. The number of aryl methyl sites for hydroxylation is 1. The lowest BCUT2D eigenvalue weighted by molar-refractivity contribution is 0.686.